The van der Waals surface area contributed by atoms with Crippen molar-refractivity contribution in [3.63, 3.8) is 0 Å². The number of nitrogens with one attached hydrogen (secondary N) is 1. The predicted molar refractivity (Wildman–Crippen MR) is 106 cm³/mol. The summed E-state index contributed by atoms with van der Waals surface area (Å²) in [5.41, 5.74) is 0.182. The standard InChI is InChI=1S/C20H23N3O3S/c1-11-10-23(18-15-12(2)20(4,26-18)13(3)27-15)19(25)22-16(11)21-17(24)14-8-6-5-7-9-14/h5-10,12-13,15,18H,1-4H3,(H,21,22,24,25)/t12-,13-,15+,18+,20+/m0/s1/i4D. The molecular formula is C20H23N3O3S. The number of carbonyl (C=O) groups is 1. The van der Waals surface area contributed by atoms with E-state index in [2.05, 4.69) is 24.1 Å². The van der Waals surface area contributed by atoms with E-state index < -0.39 is 17.5 Å². The number of rotatable bonds is 3. The van der Waals surface area contributed by atoms with Gasteiger partial charge in [-0.2, -0.15) is 4.98 Å². The lowest BCUT2D eigenvalue weighted by atomic mass is 9.88. The first-order valence-corrected chi connectivity index (χ1v) is 9.90. The van der Waals surface area contributed by atoms with Gasteiger partial charge in [0.1, 0.15) is 5.82 Å². The number of anilines is 1. The Morgan fingerprint density at radius 2 is 2.11 bits per heavy atom. The highest BCUT2D eigenvalue weighted by Crippen LogP contribution is 2.58. The molecule has 1 aromatic carbocycles. The van der Waals surface area contributed by atoms with Crippen LogP contribution in [0.3, 0.4) is 0 Å². The lowest BCUT2D eigenvalue weighted by molar-refractivity contribution is -0.0747. The van der Waals surface area contributed by atoms with E-state index in [-0.39, 0.29) is 35.0 Å². The summed E-state index contributed by atoms with van der Waals surface area (Å²) < 4.78 is 15.8. The summed E-state index contributed by atoms with van der Waals surface area (Å²) in [5, 5.41) is 3.03. The van der Waals surface area contributed by atoms with Crippen molar-refractivity contribution < 1.29 is 10.9 Å². The monoisotopic (exact) mass is 386 g/mol. The molecule has 0 unspecified atom stereocenters. The van der Waals surface area contributed by atoms with Crippen LogP contribution >= 0.6 is 11.8 Å². The van der Waals surface area contributed by atoms with Crippen LogP contribution in [0.5, 0.6) is 0 Å². The number of thioether (sulfide) groups is 1. The van der Waals surface area contributed by atoms with Gasteiger partial charge in [0.05, 0.1) is 10.9 Å². The van der Waals surface area contributed by atoms with E-state index in [0.717, 1.165) is 0 Å². The molecule has 2 bridgehead atoms. The highest BCUT2D eigenvalue weighted by molar-refractivity contribution is 8.01. The number of nitrogens with zero attached hydrogens (tertiary/aromatic N) is 2. The molecule has 0 aliphatic carbocycles. The van der Waals surface area contributed by atoms with E-state index in [4.69, 9.17) is 6.11 Å². The predicted octanol–water partition coefficient (Wildman–Crippen LogP) is 3.23. The number of ether oxygens (including phenoxy) is 1. The molecule has 27 heavy (non-hydrogen) atoms. The molecule has 1 N–H and O–H groups in total. The summed E-state index contributed by atoms with van der Waals surface area (Å²) in [6.07, 6.45) is 1.25. The number of carbonyl (C=O) groups excluding carboxylic acids is 1. The largest absolute Gasteiger partial charge is 0.351 e. The van der Waals surface area contributed by atoms with Gasteiger partial charge in [-0.3, -0.25) is 9.36 Å². The Morgan fingerprint density at radius 1 is 1.37 bits per heavy atom. The third kappa shape index (κ3) is 2.89. The zero-order chi connectivity index (χ0) is 20.1. The van der Waals surface area contributed by atoms with E-state index in [0.29, 0.717) is 11.1 Å². The van der Waals surface area contributed by atoms with E-state index in [1.54, 1.807) is 49.1 Å². The van der Waals surface area contributed by atoms with Crippen LogP contribution in [-0.4, -0.2) is 31.6 Å². The van der Waals surface area contributed by atoms with Gasteiger partial charge in [0, 0.05) is 29.9 Å². The zero-order valence-corrected chi connectivity index (χ0v) is 16.3. The summed E-state index contributed by atoms with van der Waals surface area (Å²) >= 11 is 1.77. The molecule has 4 rings (SSSR count). The van der Waals surface area contributed by atoms with Gasteiger partial charge in [-0.15, -0.1) is 11.8 Å². The maximum Gasteiger partial charge on any atom is 0.351 e. The number of aryl methyl sites for hydroxylation is 1. The van der Waals surface area contributed by atoms with Crippen LogP contribution in [0.25, 0.3) is 0 Å². The van der Waals surface area contributed by atoms with Crippen LogP contribution in [0.15, 0.2) is 41.3 Å². The van der Waals surface area contributed by atoms with Crippen LogP contribution < -0.4 is 11.0 Å². The fraction of sp³-hybridized carbons (Fsp3) is 0.450. The molecule has 2 aliphatic rings. The first-order valence-electron chi connectivity index (χ1n) is 9.67. The molecule has 3 heterocycles. The average Bonchev–Trinajstić information content (AvgIpc) is 3.11. The van der Waals surface area contributed by atoms with Crippen molar-refractivity contribution in [2.45, 2.75) is 50.0 Å². The van der Waals surface area contributed by atoms with Crippen LogP contribution in [0, 0.1) is 12.8 Å². The second-order valence-electron chi connectivity index (χ2n) is 7.28. The molecule has 0 spiro atoms. The van der Waals surface area contributed by atoms with Crippen molar-refractivity contribution in [1.82, 2.24) is 9.55 Å². The third-order valence-corrected chi connectivity index (χ3v) is 7.37. The van der Waals surface area contributed by atoms with Crippen LogP contribution in [0.1, 0.15) is 44.3 Å². The van der Waals surface area contributed by atoms with E-state index in [1.165, 1.54) is 4.57 Å². The van der Waals surface area contributed by atoms with Crippen LogP contribution in [-0.2, 0) is 4.74 Å². The molecular weight excluding hydrogens is 362 g/mol. The minimum atomic E-state index is -0.534. The maximum atomic E-state index is 12.7. The lowest BCUT2D eigenvalue weighted by Gasteiger charge is -2.34. The van der Waals surface area contributed by atoms with Crippen molar-refractivity contribution in [1.29, 1.82) is 0 Å². The molecule has 7 heteroatoms. The average molecular weight is 386 g/mol. The SMILES string of the molecule is [2H]C[C@]12O[C@@H](n3cc(C)c(NC(=O)c4ccccc4)nc3=O)[C@H](S[C@H]1C)[C@@H]2C. The molecule has 5 atom stereocenters. The molecule has 6 nitrogen and oxygen atoms in total. The molecule has 142 valence electrons. The van der Waals surface area contributed by atoms with Gasteiger partial charge in [-0.05, 0) is 26.0 Å². The summed E-state index contributed by atoms with van der Waals surface area (Å²) in [5.74, 6) is 0.123. The molecule has 2 saturated heterocycles. The first-order chi connectivity index (χ1) is 13.4. The van der Waals surface area contributed by atoms with Crippen LogP contribution in [0.2, 0.25) is 0 Å². The maximum absolute atomic E-state index is 12.7. The molecule has 0 radical (unpaired) electrons. The first kappa shape index (κ1) is 17.0. The van der Waals surface area contributed by atoms with Gasteiger partial charge in [-0.1, -0.05) is 32.0 Å². The third-order valence-electron chi connectivity index (χ3n) is 5.61. The van der Waals surface area contributed by atoms with Gasteiger partial charge < -0.3 is 10.1 Å². The Bertz CT molecular complexity index is 967. The second kappa shape index (κ2) is 6.49. The molecule has 2 aromatic rings. The quantitative estimate of drug-likeness (QED) is 0.877. The van der Waals surface area contributed by atoms with Crippen molar-refractivity contribution in [3.05, 3.63) is 58.1 Å². The fourth-order valence-electron chi connectivity index (χ4n) is 3.79. The minimum Gasteiger partial charge on any atom is -0.349 e. The Labute approximate surface area is 163 Å². The minimum absolute atomic E-state index is 0.101. The Morgan fingerprint density at radius 3 is 2.78 bits per heavy atom. The van der Waals surface area contributed by atoms with Gasteiger partial charge >= 0.3 is 5.69 Å². The Balaban J connectivity index is 1.61. The highest BCUT2D eigenvalue weighted by atomic mass is 32.2. The van der Waals surface area contributed by atoms with Crippen molar-refractivity contribution in [3.8, 4) is 0 Å². The number of benzene rings is 1. The van der Waals surface area contributed by atoms with Gasteiger partial charge in [0.15, 0.2) is 6.23 Å². The van der Waals surface area contributed by atoms with Gasteiger partial charge in [-0.25, -0.2) is 4.79 Å². The fourth-order valence-corrected chi connectivity index (χ4v) is 5.54. The molecule has 2 fully saturated rings. The van der Waals surface area contributed by atoms with Gasteiger partial charge in [0.25, 0.3) is 5.91 Å². The summed E-state index contributed by atoms with van der Waals surface area (Å²) in [4.78, 5) is 29.2. The number of hydrogen-bond donors (Lipinski definition) is 1. The summed E-state index contributed by atoms with van der Waals surface area (Å²) in [6.45, 7) is 6.15. The normalized spacial score (nSPS) is 32.3. The molecule has 1 amide bonds. The number of hydrogen-bond acceptors (Lipinski definition) is 5. The van der Waals surface area contributed by atoms with Crippen molar-refractivity contribution >= 4 is 23.5 Å². The Kier molecular flexibility index (Phi) is 4.09. The summed E-state index contributed by atoms with van der Waals surface area (Å²) in [7, 11) is 0. The highest BCUT2D eigenvalue weighted by Gasteiger charge is 2.60. The number of fused-ring (bicyclic) bond motifs is 2. The lowest BCUT2D eigenvalue weighted by Crippen LogP contribution is -2.40. The summed E-state index contributed by atoms with van der Waals surface area (Å²) in [6, 6.07) is 8.80. The number of amides is 1. The number of aromatic nitrogens is 2. The van der Waals surface area contributed by atoms with Crippen molar-refractivity contribution in [2.75, 3.05) is 5.32 Å². The van der Waals surface area contributed by atoms with E-state index >= 15 is 0 Å². The molecule has 0 saturated carbocycles. The van der Waals surface area contributed by atoms with Crippen LogP contribution in [0.4, 0.5) is 5.82 Å². The van der Waals surface area contributed by atoms with Gasteiger partial charge in [0.2, 0.25) is 0 Å². The van der Waals surface area contributed by atoms with Crippen molar-refractivity contribution in [2.24, 2.45) is 5.92 Å². The van der Waals surface area contributed by atoms with E-state index in [1.807, 2.05) is 6.07 Å². The Hall–Kier alpha value is -2.12. The zero-order valence-electron chi connectivity index (χ0n) is 16.5. The molecule has 2 aliphatic heterocycles. The molecule has 1 aromatic heterocycles. The smallest absolute Gasteiger partial charge is 0.349 e. The topological polar surface area (TPSA) is 73.2 Å². The second-order valence-corrected chi connectivity index (χ2v) is 8.80. The van der Waals surface area contributed by atoms with E-state index in [9.17, 15) is 9.59 Å².